The van der Waals surface area contributed by atoms with Crippen molar-refractivity contribution >= 4 is 17.4 Å². The highest BCUT2D eigenvalue weighted by atomic mass is 35.5. The average molecular weight is 295 g/mol. The second-order valence-electron chi connectivity index (χ2n) is 4.97. The number of hydrazine groups is 1. The van der Waals surface area contributed by atoms with Crippen LogP contribution in [0, 0.1) is 11.7 Å². The van der Waals surface area contributed by atoms with Crippen molar-refractivity contribution in [3.63, 3.8) is 0 Å². The van der Waals surface area contributed by atoms with E-state index in [2.05, 4.69) is 29.2 Å². The summed E-state index contributed by atoms with van der Waals surface area (Å²) in [7, 11) is 0. The van der Waals surface area contributed by atoms with E-state index >= 15 is 0 Å². The van der Waals surface area contributed by atoms with Gasteiger partial charge in [0.05, 0.1) is 0 Å². The molecule has 0 spiro atoms. The molecule has 2 aromatic rings. The van der Waals surface area contributed by atoms with E-state index in [-0.39, 0.29) is 0 Å². The van der Waals surface area contributed by atoms with Crippen molar-refractivity contribution in [1.82, 2.24) is 9.97 Å². The highest BCUT2D eigenvalue weighted by molar-refractivity contribution is 6.30. The Labute approximate surface area is 122 Å². The molecule has 0 bridgehead atoms. The Morgan fingerprint density at radius 3 is 2.60 bits per heavy atom. The highest BCUT2D eigenvalue weighted by Crippen LogP contribution is 2.23. The molecule has 106 valence electrons. The van der Waals surface area contributed by atoms with Crippen molar-refractivity contribution in [2.24, 2.45) is 11.8 Å². The maximum atomic E-state index is 13.4. The highest BCUT2D eigenvalue weighted by Gasteiger charge is 2.10. The molecule has 0 aliphatic rings. The number of hydrogen-bond acceptors (Lipinski definition) is 4. The number of rotatable bonds is 4. The van der Waals surface area contributed by atoms with Gasteiger partial charge in [-0.3, -0.25) is 0 Å². The fourth-order valence-corrected chi connectivity index (χ4v) is 2.13. The number of aromatic nitrogens is 2. The molecule has 1 aromatic carbocycles. The van der Waals surface area contributed by atoms with Gasteiger partial charge in [0.25, 0.3) is 0 Å². The van der Waals surface area contributed by atoms with Gasteiger partial charge in [0.1, 0.15) is 11.6 Å². The Bertz CT molecular complexity index is 596. The molecule has 1 heterocycles. The first-order valence-electron chi connectivity index (χ1n) is 6.29. The van der Waals surface area contributed by atoms with Gasteiger partial charge in [-0.2, -0.15) is 0 Å². The summed E-state index contributed by atoms with van der Waals surface area (Å²) in [6.45, 7) is 4.19. The van der Waals surface area contributed by atoms with Crippen molar-refractivity contribution in [3.05, 3.63) is 40.8 Å². The first kappa shape index (κ1) is 14.7. The van der Waals surface area contributed by atoms with Gasteiger partial charge >= 0.3 is 0 Å². The summed E-state index contributed by atoms with van der Waals surface area (Å²) < 4.78 is 13.4. The van der Waals surface area contributed by atoms with E-state index in [1.54, 1.807) is 12.1 Å². The van der Waals surface area contributed by atoms with Gasteiger partial charge in [-0.1, -0.05) is 25.4 Å². The molecule has 4 nitrogen and oxygen atoms in total. The monoisotopic (exact) mass is 294 g/mol. The van der Waals surface area contributed by atoms with Crippen LogP contribution in [0.3, 0.4) is 0 Å². The first-order valence-corrected chi connectivity index (χ1v) is 6.66. The van der Waals surface area contributed by atoms with Crippen LogP contribution in [-0.2, 0) is 6.42 Å². The van der Waals surface area contributed by atoms with E-state index in [1.165, 1.54) is 12.1 Å². The van der Waals surface area contributed by atoms with Gasteiger partial charge in [-0.05, 0) is 30.5 Å². The summed E-state index contributed by atoms with van der Waals surface area (Å²) in [5.41, 5.74) is 3.87. The van der Waals surface area contributed by atoms with Crippen LogP contribution in [-0.4, -0.2) is 9.97 Å². The number of nitrogens with one attached hydrogen (secondary N) is 1. The Balaban J connectivity index is 2.49. The molecule has 0 aliphatic heterocycles. The second-order valence-corrected chi connectivity index (χ2v) is 5.40. The molecule has 0 radical (unpaired) electrons. The van der Waals surface area contributed by atoms with Crippen molar-refractivity contribution < 1.29 is 4.39 Å². The number of anilines is 1. The van der Waals surface area contributed by atoms with Crippen LogP contribution < -0.4 is 11.3 Å². The molecule has 0 fully saturated rings. The van der Waals surface area contributed by atoms with Gasteiger partial charge in [-0.25, -0.2) is 20.2 Å². The zero-order valence-electron chi connectivity index (χ0n) is 11.3. The smallest absolute Gasteiger partial charge is 0.161 e. The molecular formula is C14H16ClFN4. The predicted octanol–water partition coefficient (Wildman–Crippen LogP) is 3.42. The molecule has 0 saturated heterocycles. The molecule has 0 unspecified atom stereocenters. The van der Waals surface area contributed by atoms with Crippen LogP contribution in [0.25, 0.3) is 11.4 Å². The van der Waals surface area contributed by atoms with Crippen LogP contribution in [0.5, 0.6) is 0 Å². The lowest BCUT2D eigenvalue weighted by Crippen LogP contribution is -2.11. The third-order valence-electron chi connectivity index (χ3n) is 2.67. The lowest BCUT2D eigenvalue weighted by molar-refractivity contribution is 0.627. The number of halogens is 2. The molecule has 6 heteroatoms. The van der Waals surface area contributed by atoms with Crippen LogP contribution in [0.4, 0.5) is 10.2 Å². The van der Waals surface area contributed by atoms with E-state index in [0.29, 0.717) is 28.1 Å². The third-order valence-corrected chi connectivity index (χ3v) is 2.88. The number of nitrogens with two attached hydrogens (primary N) is 1. The minimum atomic E-state index is -0.423. The maximum Gasteiger partial charge on any atom is 0.161 e. The van der Waals surface area contributed by atoms with E-state index in [1.807, 2.05) is 0 Å². The standard InChI is InChI=1S/C14H16ClFN4/c1-8(2)3-12-7-13(20-17)19-14(18-12)9-4-10(15)6-11(16)5-9/h4-8H,3,17H2,1-2H3,(H,18,19,20). The third kappa shape index (κ3) is 3.65. The van der Waals surface area contributed by atoms with E-state index in [4.69, 9.17) is 17.4 Å². The van der Waals surface area contributed by atoms with Gasteiger partial charge < -0.3 is 5.43 Å². The quantitative estimate of drug-likeness (QED) is 0.670. The van der Waals surface area contributed by atoms with Crippen LogP contribution in [0.1, 0.15) is 19.5 Å². The molecule has 0 saturated carbocycles. The number of nitrogen functional groups attached to an aromatic ring is 1. The van der Waals surface area contributed by atoms with Gasteiger partial charge in [0.15, 0.2) is 5.82 Å². The van der Waals surface area contributed by atoms with Crippen molar-refractivity contribution in [1.29, 1.82) is 0 Å². The van der Waals surface area contributed by atoms with Gasteiger partial charge in [0, 0.05) is 22.3 Å². The summed E-state index contributed by atoms with van der Waals surface area (Å²) >= 11 is 5.86. The molecule has 20 heavy (non-hydrogen) atoms. The first-order chi connectivity index (χ1) is 9.47. The lowest BCUT2D eigenvalue weighted by Gasteiger charge is -2.09. The zero-order valence-corrected chi connectivity index (χ0v) is 12.1. The second kappa shape index (κ2) is 6.15. The Hall–Kier alpha value is -1.72. The molecule has 0 amide bonds. The van der Waals surface area contributed by atoms with E-state index in [9.17, 15) is 4.39 Å². The van der Waals surface area contributed by atoms with E-state index < -0.39 is 5.82 Å². The summed E-state index contributed by atoms with van der Waals surface area (Å²) in [6, 6.07) is 6.00. The zero-order chi connectivity index (χ0) is 14.7. The van der Waals surface area contributed by atoms with Crippen molar-refractivity contribution in [2.45, 2.75) is 20.3 Å². The number of hydrogen-bond donors (Lipinski definition) is 2. The molecule has 1 aromatic heterocycles. The Morgan fingerprint density at radius 1 is 1.25 bits per heavy atom. The minimum absolute atomic E-state index is 0.306. The van der Waals surface area contributed by atoms with Crippen molar-refractivity contribution in [3.8, 4) is 11.4 Å². The SMILES string of the molecule is CC(C)Cc1cc(NN)nc(-c2cc(F)cc(Cl)c2)n1. The molecular weight excluding hydrogens is 279 g/mol. The largest absolute Gasteiger partial charge is 0.308 e. The summed E-state index contributed by atoms with van der Waals surface area (Å²) in [4.78, 5) is 8.68. The minimum Gasteiger partial charge on any atom is -0.308 e. The summed E-state index contributed by atoms with van der Waals surface area (Å²) in [6.07, 6.45) is 0.785. The predicted molar refractivity (Wildman–Crippen MR) is 78.8 cm³/mol. The number of nitrogens with zero attached hydrogens (tertiary/aromatic N) is 2. The topological polar surface area (TPSA) is 63.8 Å². The molecule has 0 atom stereocenters. The fraction of sp³-hybridized carbons (Fsp3) is 0.286. The van der Waals surface area contributed by atoms with Gasteiger partial charge in [-0.15, -0.1) is 0 Å². The van der Waals surface area contributed by atoms with Crippen molar-refractivity contribution in [2.75, 3.05) is 5.43 Å². The van der Waals surface area contributed by atoms with Crippen LogP contribution in [0.15, 0.2) is 24.3 Å². The van der Waals surface area contributed by atoms with Gasteiger partial charge in [0.2, 0.25) is 0 Å². The summed E-state index contributed by atoms with van der Waals surface area (Å²) in [5.74, 6) is 6.33. The van der Waals surface area contributed by atoms with E-state index in [0.717, 1.165) is 12.1 Å². The fourth-order valence-electron chi connectivity index (χ4n) is 1.91. The maximum absolute atomic E-state index is 13.4. The molecule has 2 rings (SSSR count). The van der Waals surface area contributed by atoms with Crippen LogP contribution in [0.2, 0.25) is 5.02 Å². The average Bonchev–Trinajstić information content (AvgIpc) is 2.36. The molecule has 0 aliphatic carbocycles. The number of benzene rings is 1. The Morgan fingerprint density at radius 2 is 2.00 bits per heavy atom. The lowest BCUT2D eigenvalue weighted by atomic mass is 10.1. The molecule has 3 N–H and O–H groups in total. The normalized spacial score (nSPS) is 10.9. The summed E-state index contributed by atoms with van der Waals surface area (Å²) in [5, 5.41) is 0.306. The van der Waals surface area contributed by atoms with Crippen LogP contribution >= 0.6 is 11.6 Å². The Kier molecular flexibility index (Phi) is 4.52.